The maximum absolute atomic E-state index is 12.1. The molecule has 0 radical (unpaired) electrons. The monoisotopic (exact) mass is 296 g/mol. The molecule has 1 N–H and O–H groups in total. The van der Waals surface area contributed by atoms with E-state index in [0.717, 1.165) is 32.6 Å². The van der Waals surface area contributed by atoms with Crippen molar-refractivity contribution in [2.75, 3.05) is 26.2 Å². The second-order valence-electron chi connectivity index (χ2n) is 8.23. The van der Waals surface area contributed by atoms with Gasteiger partial charge in [0.15, 0.2) is 0 Å². The summed E-state index contributed by atoms with van der Waals surface area (Å²) in [5.74, 6) is 0.565. The van der Waals surface area contributed by atoms with Crippen molar-refractivity contribution >= 4 is 6.09 Å². The van der Waals surface area contributed by atoms with Gasteiger partial charge in [0.25, 0.3) is 0 Å². The third-order valence-corrected chi connectivity index (χ3v) is 4.72. The number of nitrogens with one attached hydrogen (secondary N) is 1. The summed E-state index contributed by atoms with van der Waals surface area (Å²) in [7, 11) is 0. The van der Waals surface area contributed by atoms with Gasteiger partial charge < -0.3 is 15.0 Å². The first-order valence-corrected chi connectivity index (χ1v) is 8.46. The molecule has 1 atom stereocenters. The minimum Gasteiger partial charge on any atom is -0.444 e. The minimum atomic E-state index is -0.402. The lowest BCUT2D eigenvalue weighted by Crippen LogP contribution is -2.46. The molecule has 0 aromatic heterocycles. The fraction of sp³-hybridized carbons (Fsp3) is 0.941. The van der Waals surface area contributed by atoms with Crippen molar-refractivity contribution in [3.8, 4) is 0 Å². The molecule has 1 saturated carbocycles. The van der Waals surface area contributed by atoms with Gasteiger partial charge in [-0.1, -0.05) is 13.3 Å². The summed E-state index contributed by atoms with van der Waals surface area (Å²) in [5, 5.41) is 3.63. The molecule has 4 nitrogen and oxygen atoms in total. The van der Waals surface area contributed by atoms with E-state index in [4.69, 9.17) is 4.74 Å². The molecular weight excluding hydrogens is 264 g/mol. The van der Waals surface area contributed by atoms with Gasteiger partial charge in [0, 0.05) is 19.6 Å². The SMILES string of the molecule is CC1(CNCC2CCCN(C(=O)OC(C)(C)C)C2)CCC1. The van der Waals surface area contributed by atoms with Crippen LogP contribution in [-0.4, -0.2) is 42.8 Å². The highest BCUT2D eigenvalue weighted by Gasteiger charge is 2.32. The summed E-state index contributed by atoms with van der Waals surface area (Å²) >= 11 is 0. The smallest absolute Gasteiger partial charge is 0.410 e. The molecule has 2 aliphatic rings. The van der Waals surface area contributed by atoms with Crippen LogP contribution in [0, 0.1) is 11.3 Å². The van der Waals surface area contributed by atoms with Crippen molar-refractivity contribution in [1.29, 1.82) is 0 Å². The zero-order valence-corrected chi connectivity index (χ0v) is 14.2. The Kier molecular flexibility index (Phi) is 5.18. The number of likely N-dealkylation sites (tertiary alicyclic amines) is 1. The maximum Gasteiger partial charge on any atom is 0.410 e. The molecule has 2 fully saturated rings. The fourth-order valence-electron chi connectivity index (χ4n) is 3.26. The van der Waals surface area contributed by atoms with Crippen LogP contribution in [-0.2, 0) is 4.74 Å². The van der Waals surface area contributed by atoms with Gasteiger partial charge in [-0.15, -0.1) is 0 Å². The molecule has 1 saturated heterocycles. The first kappa shape index (κ1) is 16.6. The average Bonchev–Trinajstić information content (AvgIpc) is 2.35. The van der Waals surface area contributed by atoms with Gasteiger partial charge in [-0.25, -0.2) is 4.79 Å². The Morgan fingerprint density at radius 1 is 1.33 bits per heavy atom. The molecule has 1 aliphatic heterocycles. The fourth-order valence-corrected chi connectivity index (χ4v) is 3.26. The van der Waals surface area contributed by atoms with Crippen LogP contribution in [0.1, 0.15) is 59.8 Å². The number of carbonyl (C=O) groups excluding carboxylic acids is 1. The van der Waals surface area contributed by atoms with Crippen LogP contribution < -0.4 is 5.32 Å². The van der Waals surface area contributed by atoms with E-state index in [9.17, 15) is 4.79 Å². The molecule has 0 bridgehead atoms. The average molecular weight is 296 g/mol. The Balaban J connectivity index is 1.71. The second-order valence-corrected chi connectivity index (χ2v) is 8.23. The van der Waals surface area contributed by atoms with Crippen LogP contribution in [0.5, 0.6) is 0 Å². The van der Waals surface area contributed by atoms with Crippen molar-refractivity contribution in [2.45, 2.75) is 65.4 Å². The van der Waals surface area contributed by atoms with E-state index in [1.807, 2.05) is 25.7 Å². The number of hydrogen-bond donors (Lipinski definition) is 1. The standard InChI is InChI=1S/C17H32N2O2/c1-16(2,3)21-15(20)19-10-5-7-14(12-19)11-18-13-17(4)8-6-9-17/h14,18H,5-13H2,1-4H3. The molecule has 1 aliphatic carbocycles. The van der Waals surface area contributed by atoms with Gasteiger partial charge in [0.05, 0.1) is 0 Å². The lowest BCUT2D eigenvalue weighted by molar-refractivity contribution is 0.0163. The van der Waals surface area contributed by atoms with Crippen molar-refractivity contribution in [3.05, 3.63) is 0 Å². The molecule has 0 aromatic carbocycles. The van der Waals surface area contributed by atoms with Crippen LogP contribution in [0.15, 0.2) is 0 Å². The number of amides is 1. The summed E-state index contributed by atoms with van der Waals surface area (Å²) in [6, 6.07) is 0. The van der Waals surface area contributed by atoms with Crippen LogP contribution in [0.2, 0.25) is 0 Å². The summed E-state index contributed by atoms with van der Waals surface area (Å²) in [4.78, 5) is 14.0. The highest BCUT2D eigenvalue weighted by Crippen LogP contribution is 2.39. The predicted molar refractivity (Wildman–Crippen MR) is 85.4 cm³/mol. The first-order chi connectivity index (χ1) is 9.77. The van der Waals surface area contributed by atoms with E-state index in [2.05, 4.69) is 12.2 Å². The van der Waals surface area contributed by atoms with E-state index >= 15 is 0 Å². The van der Waals surface area contributed by atoms with Gasteiger partial charge in [-0.3, -0.25) is 0 Å². The zero-order valence-electron chi connectivity index (χ0n) is 14.2. The Hall–Kier alpha value is -0.770. The number of hydrogen-bond acceptors (Lipinski definition) is 3. The zero-order chi connectivity index (χ0) is 15.5. The van der Waals surface area contributed by atoms with Crippen molar-refractivity contribution in [1.82, 2.24) is 10.2 Å². The minimum absolute atomic E-state index is 0.154. The lowest BCUT2D eigenvalue weighted by atomic mass is 9.70. The number of ether oxygens (including phenoxy) is 1. The molecule has 0 spiro atoms. The highest BCUT2D eigenvalue weighted by atomic mass is 16.6. The predicted octanol–water partition coefficient (Wildman–Crippen LogP) is 3.41. The van der Waals surface area contributed by atoms with Crippen molar-refractivity contribution in [2.24, 2.45) is 11.3 Å². The van der Waals surface area contributed by atoms with Crippen LogP contribution in [0.25, 0.3) is 0 Å². The third-order valence-electron chi connectivity index (χ3n) is 4.72. The molecule has 1 unspecified atom stereocenters. The van der Waals surface area contributed by atoms with Gasteiger partial charge >= 0.3 is 6.09 Å². The number of rotatable bonds is 4. The third kappa shape index (κ3) is 5.17. The second kappa shape index (κ2) is 6.55. The summed E-state index contributed by atoms with van der Waals surface area (Å²) < 4.78 is 5.48. The summed E-state index contributed by atoms with van der Waals surface area (Å²) in [5.41, 5.74) is 0.126. The quantitative estimate of drug-likeness (QED) is 0.864. The molecule has 2 rings (SSSR count). The largest absolute Gasteiger partial charge is 0.444 e. The van der Waals surface area contributed by atoms with E-state index in [1.54, 1.807) is 0 Å². The molecular formula is C17H32N2O2. The molecule has 1 heterocycles. The molecule has 21 heavy (non-hydrogen) atoms. The van der Waals surface area contributed by atoms with Crippen molar-refractivity contribution < 1.29 is 9.53 Å². The topological polar surface area (TPSA) is 41.6 Å². The Labute approximate surface area is 129 Å². The van der Waals surface area contributed by atoms with E-state index in [-0.39, 0.29) is 6.09 Å². The van der Waals surface area contributed by atoms with Gasteiger partial charge in [-0.05, 0) is 64.3 Å². The Bertz CT molecular complexity index is 358. The van der Waals surface area contributed by atoms with Crippen LogP contribution in [0.3, 0.4) is 0 Å². The molecule has 0 aromatic rings. The number of piperidine rings is 1. The Morgan fingerprint density at radius 3 is 2.62 bits per heavy atom. The summed E-state index contributed by atoms with van der Waals surface area (Å²) in [6.07, 6.45) is 6.24. The van der Waals surface area contributed by atoms with Gasteiger partial charge in [-0.2, -0.15) is 0 Å². The number of carbonyl (C=O) groups is 1. The van der Waals surface area contributed by atoms with Gasteiger partial charge in [0.1, 0.15) is 5.60 Å². The van der Waals surface area contributed by atoms with Crippen molar-refractivity contribution in [3.63, 3.8) is 0 Å². The van der Waals surface area contributed by atoms with E-state index in [1.165, 1.54) is 25.7 Å². The maximum atomic E-state index is 12.1. The number of nitrogens with zero attached hydrogens (tertiary/aromatic N) is 1. The lowest BCUT2D eigenvalue weighted by Gasteiger charge is -2.39. The Morgan fingerprint density at radius 2 is 2.05 bits per heavy atom. The molecule has 1 amide bonds. The normalized spacial score (nSPS) is 25.3. The molecule has 122 valence electrons. The van der Waals surface area contributed by atoms with Gasteiger partial charge in [0.2, 0.25) is 0 Å². The van der Waals surface area contributed by atoms with E-state index < -0.39 is 5.60 Å². The molecule has 4 heteroatoms. The highest BCUT2D eigenvalue weighted by molar-refractivity contribution is 5.68. The summed E-state index contributed by atoms with van der Waals surface area (Å²) in [6.45, 7) is 12.0. The van der Waals surface area contributed by atoms with Crippen LogP contribution >= 0.6 is 0 Å². The first-order valence-electron chi connectivity index (χ1n) is 8.46. The van der Waals surface area contributed by atoms with E-state index in [0.29, 0.717) is 11.3 Å². The van der Waals surface area contributed by atoms with Crippen LogP contribution in [0.4, 0.5) is 4.79 Å².